The maximum absolute atomic E-state index is 13.4. The summed E-state index contributed by atoms with van der Waals surface area (Å²) in [6.45, 7) is 2.36. The van der Waals surface area contributed by atoms with Crippen LogP contribution in [0.5, 0.6) is 0 Å². The van der Waals surface area contributed by atoms with Gasteiger partial charge < -0.3 is 5.32 Å². The zero-order chi connectivity index (χ0) is 19.3. The van der Waals surface area contributed by atoms with Gasteiger partial charge in [-0.05, 0) is 36.6 Å². The van der Waals surface area contributed by atoms with Crippen molar-refractivity contribution < 1.29 is 8.78 Å². The highest BCUT2D eigenvalue weighted by molar-refractivity contribution is 5.54. The van der Waals surface area contributed by atoms with E-state index in [0.29, 0.717) is 24.1 Å². The van der Waals surface area contributed by atoms with E-state index in [9.17, 15) is 8.78 Å². The lowest BCUT2D eigenvalue weighted by Crippen LogP contribution is -2.38. The van der Waals surface area contributed by atoms with E-state index >= 15 is 0 Å². The maximum atomic E-state index is 13.4. The van der Waals surface area contributed by atoms with Crippen LogP contribution in [-0.2, 0) is 6.54 Å². The molecule has 3 heterocycles. The normalized spacial score (nSPS) is 15.5. The SMILES string of the molecule is Fc1ccc(CN2CCC(Nc3cc(-c4ncccn4)ncn3)CC2)cc1F. The summed E-state index contributed by atoms with van der Waals surface area (Å²) in [4.78, 5) is 19.2. The summed E-state index contributed by atoms with van der Waals surface area (Å²) in [6, 6.07) is 7.99. The monoisotopic (exact) mass is 382 g/mol. The van der Waals surface area contributed by atoms with Gasteiger partial charge in [-0.2, -0.15) is 0 Å². The summed E-state index contributed by atoms with van der Waals surface area (Å²) < 4.78 is 26.4. The Bertz CT molecular complexity index is 929. The molecular formula is C20H20F2N6. The van der Waals surface area contributed by atoms with Gasteiger partial charge >= 0.3 is 0 Å². The molecule has 4 rings (SSSR count). The largest absolute Gasteiger partial charge is 0.367 e. The molecule has 2 aromatic heterocycles. The Morgan fingerprint density at radius 2 is 1.75 bits per heavy atom. The fourth-order valence-electron chi connectivity index (χ4n) is 3.33. The summed E-state index contributed by atoms with van der Waals surface area (Å²) in [5, 5.41) is 3.45. The van der Waals surface area contributed by atoms with Crippen LogP contribution in [0.4, 0.5) is 14.6 Å². The van der Waals surface area contributed by atoms with Gasteiger partial charge in [-0.3, -0.25) is 4.90 Å². The second-order valence-corrected chi connectivity index (χ2v) is 6.80. The molecule has 1 N–H and O–H groups in total. The van der Waals surface area contributed by atoms with Crippen molar-refractivity contribution in [3.05, 3.63) is 66.3 Å². The van der Waals surface area contributed by atoms with Crippen LogP contribution in [0.1, 0.15) is 18.4 Å². The highest BCUT2D eigenvalue weighted by Crippen LogP contribution is 2.20. The molecule has 8 heteroatoms. The molecule has 144 valence electrons. The zero-order valence-electron chi connectivity index (χ0n) is 15.2. The van der Waals surface area contributed by atoms with Gasteiger partial charge in [0.25, 0.3) is 0 Å². The number of piperidine rings is 1. The van der Waals surface area contributed by atoms with E-state index in [1.165, 1.54) is 18.5 Å². The lowest BCUT2D eigenvalue weighted by atomic mass is 10.0. The summed E-state index contributed by atoms with van der Waals surface area (Å²) in [5.74, 6) is -0.293. The van der Waals surface area contributed by atoms with E-state index in [1.54, 1.807) is 24.5 Å². The molecule has 0 spiro atoms. The van der Waals surface area contributed by atoms with E-state index < -0.39 is 11.6 Å². The molecule has 0 aliphatic carbocycles. The van der Waals surface area contributed by atoms with Crippen LogP contribution in [0.15, 0.2) is 49.1 Å². The van der Waals surface area contributed by atoms with Gasteiger partial charge in [-0.25, -0.2) is 28.7 Å². The lowest BCUT2D eigenvalue weighted by molar-refractivity contribution is 0.211. The Hall–Kier alpha value is -3.00. The minimum atomic E-state index is -0.809. The predicted molar refractivity (Wildman–Crippen MR) is 101 cm³/mol. The Morgan fingerprint density at radius 1 is 0.964 bits per heavy atom. The quantitative estimate of drug-likeness (QED) is 0.730. The number of nitrogens with one attached hydrogen (secondary N) is 1. The van der Waals surface area contributed by atoms with E-state index in [-0.39, 0.29) is 0 Å². The molecule has 0 saturated carbocycles. The summed E-state index contributed by atoms with van der Waals surface area (Å²) in [6.07, 6.45) is 6.74. The highest BCUT2D eigenvalue weighted by Gasteiger charge is 2.20. The fourth-order valence-corrected chi connectivity index (χ4v) is 3.33. The van der Waals surface area contributed by atoms with Crippen molar-refractivity contribution in [3.63, 3.8) is 0 Å². The van der Waals surface area contributed by atoms with Crippen LogP contribution in [0.2, 0.25) is 0 Å². The minimum Gasteiger partial charge on any atom is -0.367 e. The van der Waals surface area contributed by atoms with E-state index in [1.807, 2.05) is 6.07 Å². The first-order valence-electron chi connectivity index (χ1n) is 9.19. The van der Waals surface area contributed by atoms with Crippen molar-refractivity contribution in [1.82, 2.24) is 24.8 Å². The Morgan fingerprint density at radius 3 is 2.50 bits per heavy atom. The third-order valence-electron chi connectivity index (χ3n) is 4.79. The molecule has 6 nitrogen and oxygen atoms in total. The Labute approximate surface area is 161 Å². The fraction of sp³-hybridized carbons (Fsp3) is 0.300. The summed E-state index contributed by atoms with van der Waals surface area (Å²) >= 11 is 0. The first kappa shape index (κ1) is 18.4. The van der Waals surface area contributed by atoms with Crippen LogP contribution < -0.4 is 5.32 Å². The average molecular weight is 382 g/mol. The smallest absolute Gasteiger partial charge is 0.178 e. The van der Waals surface area contributed by atoms with Gasteiger partial charge in [0.1, 0.15) is 17.8 Å². The zero-order valence-corrected chi connectivity index (χ0v) is 15.2. The molecule has 0 amide bonds. The highest BCUT2D eigenvalue weighted by atomic mass is 19.2. The van der Waals surface area contributed by atoms with Crippen molar-refractivity contribution in [2.75, 3.05) is 18.4 Å². The second-order valence-electron chi connectivity index (χ2n) is 6.80. The number of benzene rings is 1. The topological polar surface area (TPSA) is 66.8 Å². The minimum absolute atomic E-state index is 0.292. The second kappa shape index (κ2) is 8.35. The van der Waals surface area contributed by atoms with Crippen molar-refractivity contribution >= 4 is 5.82 Å². The van der Waals surface area contributed by atoms with Crippen LogP contribution in [0, 0.1) is 11.6 Å². The Kier molecular flexibility index (Phi) is 5.48. The molecule has 0 atom stereocenters. The number of likely N-dealkylation sites (tertiary alicyclic amines) is 1. The van der Waals surface area contributed by atoms with Crippen molar-refractivity contribution in [2.45, 2.75) is 25.4 Å². The number of hydrogen-bond acceptors (Lipinski definition) is 6. The average Bonchev–Trinajstić information content (AvgIpc) is 2.73. The number of halogens is 2. The predicted octanol–water partition coefficient (Wildman–Crippen LogP) is 3.29. The number of aromatic nitrogens is 4. The summed E-state index contributed by atoms with van der Waals surface area (Å²) in [7, 11) is 0. The van der Waals surface area contributed by atoms with Crippen molar-refractivity contribution in [3.8, 4) is 11.5 Å². The molecular weight excluding hydrogens is 362 g/mol. The maximum Gasteiger partial charge on any atom is 0.178 e. The molecule has 3 aromatic rings. The van der Waals surface area contributed by atoms with Gasteiger partial charge in [-0.1, -0.05) is 6.07 Å². The Balaban J connectivity index is 1.33. The van der Waals surface area contributed by atoms with Gasteiger partial charge in [0.2, 0.25) is 0 Å². The van der Waals surface area contributed by atoms with Crippen LogP contribution in [0.25, 0.3) is 11.5 Å². The van der Waals surface area contributed by atoms with Crippen molar-refractivity contribution in [1.29, 1.82) is 0 Å². The van der Waals surface area contributed by atoms with Gasteiger partial charge in [0.05, 0.1) is 0 Å². The van der Waals surface area contributed by atoms with Gasteiger partial charge in [-0.15, -0.1) is 0 Å². The van der Waals surface area contributed by atoms with Gasteiger partial charge in [0.15, 0.2) is 17.5 Å². The third kappa shape index (κ3) is 4.45. The lowest BCUT2D eigenvalue weighted by Gasteiger charge is -2.32. The number of hydrogen-bond donors (Lipinski definition) is 1. The first-order valence-corrected chi connectivity index (χ1v) is 9.19. The molecule has 1 fully saturated rings. The molecule has 1 aromatic carbocycles. The molecule has 0 radical (unpaired) electrons. The van der Waals surface area contributed by atoms with Crippen LogP contribution >= 0.6 is 0 Å². The van der Waals surface area contributed by atoms with Crippen molar-refractivity contribution in [2.24, 2.45) is 0 Å². The number of nitrogens with zero attached hydrogens (tertiary/aromatic N) is 5. The van der Waals surface area contributed by atoms with E-state index in [4.69, 9.17) is 0 Å². The summed E-state index contributed by atoms with van der Waals surface area (Å²) in [5.41, 5.74) is 1.46. The standard InChI is InChI=1S/C20H20F2N6/c21-16-3-2-14(10-17(16)22)12-28-8-4-15(5-9-28)27-19-11-18(25-13-26-19)20-23-6-1-7-24-20/h1-3,6-7,10-11,13,15H,4-5,8-9,12H2,(H,25,26,27). The van der Waals surface area contributed by atoms with Gasteiger partial charge in [0, 0.05) is 44.1 Å². The molecule has 1 saturated heterocycles. The first-order chi connectivity index (χ1) is 13.7. The molecule has 28 heavy (non-hydrogen) atoms. The van der Waals surface area contributed by atoms with E-state index in [0.717, 1.165) is 37.3 Å². The molecule has 1 aliphatic rings. The van der Waals surface area contributed by atoms with Crippen LogP contribution in [-0.4, -0.2) is 44.0 Å². The third-order valence-corrected chi connectivity index (χ3v) is 4.79. The molecule has 0 unspecified atom stereocenters. The molecule has 1 aliphatic heterocycles. The van der Waals surface area contributed by atoms with Crippen LogP contribution in [0.3, 0.4) is 0 Å². The number of rotatable bonds is 5. The number of anilines is 1. The molecule has 0 bridgehead atoms. The van der Waals surface area contributed by atoms with E-state index in [2.05, 4.69) is 30.2 Å².